The van der Waals surface area contributed by atoms with Crippen molar-refractivity contribution in [2.24, 2.45) is 10.8 Å². The summed E-state index contributed by atoms with van der Waals surface area (Å²) in [4.78, 5) is 30.8. The molecule has 0 fully saturated rings. The van der Waals surface area contributed by atoms with E-state index >= 15 is 0 Å². The second kappa shape index (κ2) is 26.2. The average molecular weight is 1130 g/mol. The third-order valence-electron chi connectivity index (χ3n) is 13.6. The lowest BCUT2D eigenvalue weighted by molar-refractivity contribution is -0.158. The highest BCUT2D eigenvalue weighted by atomic mass is 32.2. The van der Waals surface area contributed by atoms with Crippen molar-refractivity contribution in [2.75, 3.05) is 74.3 Å². The van der Waals surface area contributed by atoms with Gasteiger partial charge in [-0.05, 0) is 140 Å². The van der Waals surface area contributed by atoms with Crippen LogP contribution in [-0.4, -0.2) is 105 Å². The molecule has 76 heavy (non-hydrogen) atoms. The molecule has 0 bridgehead atoms. The number of carbonyl (C=O) groups excluding carboxylic acids is 2. The highest BCUT2D eigenvalue weighted by molar-refractivity contribution is 7.99. The Kier molecular flexibility index (Phi) is 21.4. The molecule has 0 unspecified atom stereocenters. The van der Waals surface area contributed by atoms with Crippen molar-refractivity contribution >= 4 is 77.9 Å². The minimum atomic E-state index is -3.67. The van der Waals surface area contributed by atoms with Crippen molar-refractivity contribution in [3.8, 4) is 23.0 Å². The van der Waals surface area contributed by atoms with Crippen LogP contribution in [0.25, 0.3) is 0 Å². The lowest BCUT2D eigenvalue weighted by Crippen LogP contribution is -2.37. The van der Waals surface area contributed by atoms with Crippen molar-refractivity contribution in [3.05, 3.63) is 72.8 Å². The van der Waals surface area contributed by atoms with E-state index in [9.17, 15) is 26.4 Å². The van der Waals surface area contributed by atoms with Crippen molar-refractivity contribution in [3.63, 3.8) is 0 Å². The fraction of sp³-hybridized carbons (Fsp3) is 0.552. The number of thioether (sulfide) groups is 2. The van der Waals surface area contributed by atoms with E-state index in [0.717, 1.165) is 84.0 Å². The Morgan fingerprint density at radius 2 is 0.908 bits per heavy atom. The number of anilines is 4. The second-order valence-corrected chi connectivity index (χ2v) is 27.3. The van der Waals surface area contributed by atoms with Crippen LogP contribution in [0.4, 0.5) is 22.7 Å². The zero-order valence-electron chi connectivity index (χ0n) is 47.3. The largest absolute Gasteiger partial charge is 0.497 e. The van der Waals surface area contributed by atoms with Gasteiger partial charge in [-0.25, -0.2) is 26.4 Å². The number of hydrogen-bond acceptors (Lipinski definition) is 16. The van der Waals surface area contributed by atoms with Crippen LogP contribution in [0.2, 0.25) is 0 Å². The first kappa shape index (κ1) is 62.1. The monoisotopic (exact) mass is 1130 g/mol. The number of hydrogen-bond donors (Lipinski definition) is 0. The Morgan fingerprint density at radius 1 is 0.566 bits per heavy atom. The van der Waals surface area contributed by atoms with Gasteiger partial charge < -0.3 is 38.2 Å². The van der Waals surface area contributed by atoms with Gasteiger partial charge in [-0.3, -0.25) is 0 Å². The summed E-state index contributed by atoms with van der Waals surface area (Å²) < 4.78 is 89.1. The number of methoxy groups -OCH3 is 2. The summed E-state index contributed by atoms with van der Waals surface area (Å²) >= 11 is 2.89. The van der Waals surface area contributed by atoms with E-state index < -0.39 is 53.6 Å². The SMILES string of the molecule is CCCC[C@@]1(CC)CN(c2ccc(OC)cc2)c2cc(SC)c(OCC(=O)OC(C)(C)C)cc2S(=O)(=O)C1.CCCC[C@]1(CC)CN(c2ccc(OC)cc2)c2cc(SC)c(OCC(=O)OC(C)(C)C)cc2S(=O)(=O)C1. The third kappa shape index (κ3) is 16.2. The van der Waals surface area contributed by atoms with Crippen LogP contribution in [0.15, 0.2) is 92.4 Å². The molecular formula is C58H82N2O12S4. The first-order chi connectivity index (χ1) is 35.7. The lowest BCUT2D eigenvalue weighted by Gasteiger charge is -2.36. The van der Waals surface area contributed by atoms with E-state index in [2.05, 4.69) is 37.5 Å². The van der Waals surface area contributed by atoms with Gasteiger partial charge in [0, 0.05) is 47.4 Å². The van der Waals surface area contributed by atoms with Crippen LogP contribution >= 0.6 is 23.5 Å². The first-order valence-corrected chi connectivity index (χ1v) is 31.9. The van der Waals surface area contributed by atoms with E-state index in [4.69, 9.17) is 28.4 Å². The van der Waals surface area contributed by atoms with Gasteiger partial charge in [-0.1, -0.05) is 53.4 Å². The molecule has 6 rings (SSSR count). The van der Waals surface area contributed by atoms with Gasteiger partial charge in [0.1, 0.15) is 34.2 Å². The van der Waals surface area contributed by atoms with Crippen LogP contribution in [0.5, 0.6) is 23.0 Å². The third-order valence-corrected chi connectivity index (χ3v) is 19.1. The van der Waals surface area contributed by atoms with Gasteiger partial charge in [0.25, 0.3) is 0 Å². The van der Waals surface area contributed by atoms with Gasteiger partial charge in [0.15, 0.2) is 32.9 Å². The molecule has 2 heterocycles. The summed E-state index contributed by atoms with van der Waals surface area (Å²) in [5.74, 6) is 1.29. The predicted octanol–water partition coefficient (Wildman–Crippen LogP) is 13.3. The average Bonchev–Trinajstić information content (AvgIpc) is 3.53. The Balaban J connectivity index is 0.000000281. The summed E-state index contributed by atoms with van der Waals surface area (Å²) in [6, 6.07) is 22.3. The minimum Gasteiger partial charge on any atom is -0.497 e. The Bertz CT molecular complexity index is 2630. The normalized spacial score (nSPS) is 18.9. The molecule has 0 saturated heterocycles. The molecule has 2 aliphatic heterocycles. The van der Waals surface area contributed by atoms with Gasteiger partial charge in [0.2, 0.25) is 0 Å². The molecule has 0 aliphatic carbocycles. The summed E-state index contributed by atoms with van der Waals surface area (Å²) in [6.07, 6.45) is 10.8. The molecule has 420 valence electrons. The summed E-state index contributed by atoms with van der Waals surface area (Å²) in [6.45, 7) is 19.7. The molecule has 0 N–H and O–H groups in total. The fourth-order valence-electron chi connectivity index (χ4n) is 9.61. The van der Waals surface area contributed by atoms with E-state index in [1.54, 1.807) is 67.9 Å². The number of benzene rings is 4. The van der Waals surface area contributed by atoms with Gasteiger partial charge >= 0.3 is 11.9 Å². The van der Waals surface area contributed by atoms with E-state index in [-0.39, 0.29) is 34.5 Å². The number of carbonyl (C=O) groups is 2. The maximum Gasteiger partial charge on any atom is 0.344 e. The molecule has 0 amide bonds. The van der Waals surface area contributed by atoms with Crippen LogP contribution < -0.4 is 28.7 Å². The molecule has 4 aromatic rings. The number of fused-ring (bicyclic) bond motifs is 2. The van der Waals surface area contributed by atoms with Gasteiger partial charge in [-0.2, -0.15) is 0 Å². The molecule has 0 saturated carbocycles. The zero-order valence-corrected chi connectivity index (χ0v) is 50.5. The molecule has 4 aromatic carbocycles. The van der Waals surface area contributed by atoms with E-state index in [1.165, 1.54) is 23.5 Å². The summed E-state index contributed by atoms with van der Waals surface area (Å²) in [7, 11) is -4.09. The maximum atomic E-state index is 14.0. The molecular weight excluding hydrogens is 1040 g/mol. The maximum absolute atomic E-state index is 14.0. The van der Waals surface area contributed by atoms with Gasteiger partial charge in [0.05, 0.1) is 56.7 Å². The first-order valence-electron chi connectivity index (χ1n) is 26.2. The lowest BCUT2D eigenvalue weighted by atomic mass is 9.81. The highest BCUT2D eigenvalue weighted by Crippen LogP contribution is 2.49. The second-order valence-electron chi connectivity index (χ2n) is 21.7. The number of unbranched alkanes of at least 4 members (excludes halogenated alkanes) is 2. The van der Waals surface area contributed by atoms with Crippen LogP contribution in [-0.2, 0) is 38.7 Å². The van der Waals surface area contributed by atoms with Crippen LogP contribution in [0, 0.1) is 10.8 Å². The smallest absolute Gasteiger partial charge is 0.344 e. The topological polar surface area (TPSA) is 164 Å². The highest BCUT2D eigenvalue weighted by Gasteiger charge is 2.44. The van der Waals surface area contributed by atoms with Crippen molar-refractivity contribution < 1.29 is 54.8 Å². The fourth-order valence-corrected chi connectivity index (χ4v) is 15.1. The standard InChI is InChI=1S/2C29H41NO6S2/c2*1-8-10-15-29(9-2)19-30(21-11-13-22(34-6)14-12-21)23-16-25(37-7)24(17-26(23)38(32,33)20-29)35-18-27(31)36-28(3,4)5/h2*11-14,16-17H,8-10,15,18-20H2,1-7H3/t2*29-/m10/s1. The molecule has 18 heteroatoms. The van der Waals surface area contributed by atoms with Crippen molar-refractivity contribution in [2.45, 2.75) is 151 Å². The number of sulfone groups is 2. The molecule has 0 radical (unpaired) electrons. The Morgan fingerprint density at radius 3 is 1.18 bits per heavy atom. The molecule has 2 aliphatic rings. The van der Waals surface area contributed by atoms with Crippen LogP contribution in [0.3, 0.4) is 0 Å². The number of ether oxygens (including phenoxy) is 6. The van der Waals surface area contributed by atoms with Crippen LogP contribution in [0.1, 0.15) is 121 Å². The molecule has 2 atom stereocenters. The summed E-state index contributed by atoms with van der Waals surface area (Å²) in [5.41, 5.74) is 0.935. The Labute approximate surface area is 462 Å². The zero-order chi connectivity index (χ0) is 56.3. The van der Waals surface area contributed by atoms with Crippen molar-refractivity contribution in [1.29, 1.82) is 0 Å². The molecule has 0 spiro atoms. The number of rotatable bonds is 20. The van der Waals surface area contributed by atoms with E-state index in [1.807, 2.05) is 73.2 Å². The Hall–Kier alpha value is -4.78. The number of nitrogens with zero attached hydrogens (tertiary/aromatic N) is 2. The number of esters is 2. The summed E-state index contributed by atoms with van der Waals surface area (Å²) in [5, 5.41) is 0. The molecule has 14 nitrogen and oxygen atoms in total. The van der Waals surface area contributed by atoms with Gasteiger partial charge in [-0.15, -0.1) is 23.5 Å². The van der Waals surface area contributed by atoms with E-state index in [0.29, 0.717) is 36.0 Å². The quantitative estimate of drug-likeness (QED) is 0.0606. The van der Waals surface area contributed by atoms with Crippen molar-refractivity contribution in [1.82, 2.24) is 0 Å². The minimum absolute atomic E-state index is 0.0558. The predicted molar refractivity (Wildman–Crippen MR) is 308 cm³/mol. The molecule has 0 aromatic heterocycles.